The topological polar surface area (TPSA) is 74.6 Å². The number of hydrogen-bond donors (Lipinski definition) is 2. The molecule has 0 amide bonds. The molecule has 1 unspecified atom stereocenters. The summed E-state index contributed by atoms with van der Waals surface area (Å²) in [4.78, 5) is 0. The minimum atomic E-state index is -4.44. The van der Waals surface area contributed by atoms with Gasteiger partial charge in [-0.1, -0.05) is 28.1 Å². The van der Waals surface area contributed by atoms with Gasteiger partial charge in [0.15, 0.2) is 0 Å². The fourth-order valence-corrected chi connectivity index (χ4v) is 1.74. The second-order valence-corrected chi connectivity index (χ2v) is 4.81. The second kappa shape index (κ2) is 3.75. The Morgan fingerprint density at radius 1 is 1.38 bits per heavy atom. The van der Waals surface area contributed by atoms with Crippen molar-refractivity contribution in [1.82, 2.24) is 0 Å². The van der Waals surface area contributed by atoms with Gasteiger partial charge in [-0.25, -0.2) is 0 Å². The number of halogens is 1. The molecule has 0 aliphatic heterocycles. The summed E-state index contributed by atoms with van der Waals surface area (Å²) in [5.41, 5.74) is -1.76. The lowest BCUT2D eigenvalue weighted by molar-refractivity contribution is 0.238. The van der Waals surface area contributed by atoms with Crippen LogP contribution in [-0.4, -0.2) is 18.1 Å². The fraction of sp³-hybridized carbons (Fsp3) is 0.143. The lowest BCUT2D eigenvalue weighted by atomic mass is 10.2. The quantitative estimate of drug-likeness (QED) is 0.792. The van der Waals surface area contributed by atoms with Crippen LogP contribution in [0.3, 0.4) is 0 Å². The van der Waals surface area contributed by atoms with E-state index < -0.39 is 15.6 Å². The molecule has 0 saturated heterocycles. The zero-order chi connectivity index (χ0) is 10.1. The van der Waals surface area contributed by atoms with Crippen LogP contribution in [-0.2, 0) is 10.1 Å². The Kier molecular flexibility index (Phi) is 3.07. The van der Waals surface area contributed by atoms with Gasteiger partial charge in [0.1, 0.15) is 0 Å². The van der Waals surface area contributed by atoms with E-state index in [1.807, 2.05) is 0 Å². The van der Waals surface area contributed by atoms with Crippen LogP contribution in [0.25, 0.3) is 0 Å². The van der Waals surface area contributed by atoms with Crippen molar-refractivity contribution in [3.05, 3.63) is 34.3 Å². The van der Waals surface area contributed by atoms with Crippen LogP contribution in [0.15, 0.2) is 28.7 Å². The maximum absolute atomic E-state index is 10.5. The molecule has 1 atom stereocenters. The number of hydrogen-bond acceptors (Lipinski definition) is 3. The van der Waals surface area contributed by atoms with Crippen LogP contribution in [0, 0.1) is 0 Å². The number of aliphatic hydroxyl groups excluding tert-OH is 1. The van der Waals surface area contributed by atoms with E-state index in [4.69, 9.17) is 9.66 Å². The largest absolute Gasteiger partial charge is 0.371 e. The molecular formula is C7H7BrO4S. The van der Waals surface area contributed by atoms with Gasteiger partial charge in [0.05, 0.1) is 0 Å². The molecule has 0 saturated carbocycles. The molecule has 1 aromatic rings. The van der Waals surface area contributed by atoms with Gasteiger partial charge in [0, 0.05) is 4.47 Å². The molecule has 1 aromatic carbocycles. The number of benzene rings is 1. The molecule has 0 spiro atoms. The van der Waals surface area contributed by atoms with Gasteiger partial charge >= 0.3 is 0 Å². The lowest BCUT2D eigenvalue weighted by Crippen LogP contribution is -2.10. The fourth-order valence-electron chi connectivity index (χ4n) is 0.832. The molecule has 13 heavy (non-hydrogen) atoms. The first-order valence-electron chi connectivity index (χ1n) is 3.31. The highest BCUT2D eigenvalue weighted by Gasteiger charge is 2.21. The monoisotopic (exact) mass is 266 g/mol. The normalized spacial score (nSPS) is 14.1. The SMILES string of the molecule is O=S(=O)(O)C(O)c1cccc(Br)c1. The Labute approximate surface area is 84.1 Å². The van der Waals surface area contributed by atoms with Crippen LogP contribution in [0.2, 0.25) is 0 Å². The van der Waals surface area contributed by atoms with Crippen LogP contribution < -0.4 is 0 Å². The zero-order valence-electron chi connectivity index (χ0n) is 6.38. The second-order valence-electron chi connectivity index (χ2n) is 2.42. The van der Waals surface area contributed by atoms with Crippen molar-refractivity contribution >= 4 is 26.0 Å². The summed E-state index contributed by atoms with van der Waals surface area (Å²) < 4.78 is 30.2. The van der Waals surface area contributed by atoms with Gasteiger partial charge in [0.25, 0.3) is 10.1 Å². The minimum Gasteiger partial charge on any atom is -0.371 e. The Hall–Kier alpha value is -0.430. The van der Waals surface area contributed by atoms with Gasteiger partial charge < -0.3 is 5.11 Å². The molecule has 1 rings (SSSR count). The lowest BCUT2D eigenvalue weighted by Gasteiger charge is -2.06. The molecule has 4 nitrogen and oxygen atoms in total. The Balaban J connectivity index is 3.10. The summed E-state index contributed by atoms with van der Waals surface area (Å²) in [6.07, 6.45) is 0. The zero-order valence-corrected chi connectivity index (χ0v) is 8.79. The predicted molar refractivity (Wildman–Crippen MR) is 50.7 cm³/mol. The molecule has 0 fully saturated rings. The van der Waals surface area contributed by atoms with E-state index in [9.17, 15) is 8.42 Å². The summed E-state index contributed by atoms with van der Waals surface area (Å²) in [6, 6.07) is 6.07. The molecule has 0 aliphatic rings. The van der Waals surface area contributed by atoms with Crippen LogP contribution in [0.1, 0.15) is 11.0 Å². The highest BCUT2D eigenvalue weighted by molar-refractivity contribution is 9.10. The van der Waals surface area contributed by atoms with Crippen molar-refractivity contribution in [2.24, 2.45) is 0 Å². The standard InChI is InChI=1S/C7H7BrO4S/c8-6-3-1-2-5(4-6)7(9)13(10,11)12/h1-4,7,9H,(H,10,11,12). The average Bonchev–Trinajstić information content (AvgIpc) is 2.01. The number of aliphatic hydroxyl groups is 1. The van der Waals surface area contributed by atoms with Crippen LogP contribution >= 0.6 is 15.9 Å². The van der Waals surface area contributed by atoms with Crippen LogP contribution in [0.4, 0.5) is 0 Å². The summed E-state index contributed by atoms with van der Waals surface area (Å²) in [7, 11) is -4.44. The van der Waals surface area contributed by atoms with Crippen molar-refractivity contribution in [1.29, 1.82) is 0 Å². The van der Waals surface area contributed by atoms with Crippen molar-refractivity contribution in [2.45, 2.75) is 5.44 Å². The number of rotatable bonds is 2. The molecule has 0 aliphatic carbocycles. The van der Waals surface area contributed by atoms with E-state index in [1.165, 1.54) is 12.1 Å². The van der Waals surface area contributed by atoms with Crippen molar-refractivity contribution in [2.75, 3.05) is 0 Å². The first-order valence-corrected chi connectivity index (χ1v) is 5.61. The third-order valence-corrected chi connectivity index (χ3v) is 2.75. The predicted octanol–water partition coefficient (Wildman–Crippen LogP) is 1.33. The molecule has 6 heteroatoms. The highest BCUT2D eigenvalue weighted by Crippen LogP contribution is 2.21. The van der Waals surface area contributed by atoms with Crippen molar-refractivity contribution in [3.63, 3.8) is 0 Å². The average molecular weight is 267 g/mol. The third kappa shape index (κ3) is 2.77. The summed E-state index contributed by atoms with van der Waals surface area (Å²) in [5.74, 6) is 0. The van der Waals surface area contributed by atoms with E-state index in [-0.39, 0.29) is 5.56 Å². The van der Waals surface area contributed by atoms with Gasteiger partial charge in [0.2, 0.25) is 5.44 Å². The van der Waals surface area contributed by atoms with Crippen molar-refractivity contribution in [3.8, 4) is 0 Å². The summed E-state index contributed by atoms with van der Waals surface area (Å²) in [5, 5.41) is 9.12. The molecule has 72 valence electrons. The maximum Gasteiger partial charge on any atom is 0.296 e. The molecule has 0 radical (unpaired) electrons. The maximum atomic E-state index is 10.5. The van der Waals surface area contributed by atoms with Gasteiger partial charge in [-0.15, -0.1) is 0 Å². The third-order valence-electron chi connectivity index (χ3n) is 1.42. The van der Waals surface area contributed by atoms with E-state index >= 15 is 0 Å². The van der Waals surface area contributed by atoms with E-state index in [0.717, 1.165) is 0 Å². The smallest absolute Gasteiger partial charge is 0.296 e. The van der Waals surface area contributed by atoms with E-state index in [0.29, 0.717) is 4.47 Å². The van der Waals surface area contributed by atoms with Gasteiger partial charge in [-0.2, -0.15) is 8.42 Å². The summed E-state index contributed by atoms with van der Waals surface area (Å²) in [6.45, 7) is 0. The molecule has 2 N–H and O–H groups in total. The molecule has 0 aromatic heterocycles. The first kappa shape index (κ1) is 10.6. The molecule has 0 bridgehead atoms. The van der Waals surface area contributed by atoms with Crippen LogP contribution in [0.5, 0.6) is 0 Å². The Morgan fingerprint density at radius 2 is 2.00 bits per heavy atom. The first-order chi connectivity index (χ1) is 5.91. The van der Waals surface area contributed by atoms with E-state index in [2.05, 4.69) is 15.9 Å². The summed E-state index contributed by atoms with van der Waals surface area (Å²) >= 11 is 3.11. The Bertz CT molecular complexity index is 401. The minimum absolute atomic E-state index is 0.122. The molecular weight excluding hydrogens is 260 g/mol. The highest BCUT2D eigenvalue weighted by atomic mass is 79.9. The molecule has 0 heterocycles. The van der Waals surface area contributed by atoms with E-state index in [1.54, 1.807) is 12.1 Å². The Morgan fingerprint density at radius 3 is 2.46 bits per heavy atom. The van der Waals surface area contributed by atoms with Gasteiger partial charge in [-0.3, -0.25) is 4.55 Å². The van der Waals surface area contributed by atoms with Gasteiger partial charge in [-0.05, 0) is 17.7 Å². The van der Waals surface area contributed by atoms with Crippen molar-refractivity contribution < 1.29 is 18.1 Å².